The average molecular weight is 354 g/mol. The minimum absolute atomic E-state index is 0.142. The molecule has 0 fully saturated rings. The topological polar surface area (TPSA) is 38.8 Å². The van der Waals surface area contributed by atoms with Crippen LogP contribution in [0, 0.1) is 0 Å². The maximum atomic E-state index is 12.8. The zero-order valence-corrected chi connectivity index (χ0v) is 15.7. The molecule has 1 aliphatic heterocycles. The second-order valence-corrected chi connectivity index (χ2v) is 6.74. The van der Waals surface area contributed by atoms with Crippen molar-refractivity contribution in [2.45, 2.75) is 58.9 Å². The summed E-state index contributed by atoms with van der Waals surface area (Å²) in [5.41, 5.74) is 0.874. The number of halogens is 1. The van der Waals surface area contributed by atoms with E-state index < -0.39 is 0 Å². The molecule has 5 heteroatoms. The van der Waals surface area contributed by atoms with Crippen LogP contribution in [0.1, 0.15) is 52.0 Å². The summed E-state index contributed by atoms with van der Waals surface area (Å²) in [5.74, 6) is 1.38. The highest BCUT2D eigenvalue weighted by molar-refractivity contribution is 6.32. The van der Waals surface area contributed by atoms with E-state index in [-0.39, 0.29) is 11.9 Å². The third-order valence-corrected chi connectivity index (χ3v) is 4.69. The number of carbonyl (C=O) groups is 1. The molecular formula is C19H28ClNO3. The Labute approximate surface area is 150 Å². The summed E-state index contributed by atoms with van der Waals surface area (Å²) in [7, 11) is 0. The van der Waals surface area contributed by atoms with Crippen molar-refractivity contribution in [3.63, 3.8) is 0 Å². The van der Waals surface area contributed by atoms with Gasteiger partial charge in [0.2, 0.25) is 5.91 Å². The van der Waals surface area contributed by atoms with Gasteiger partial charge in [0, 0.05) is 19.0 Å². The molecule has 0 bridgehead atoms. The van der Waals surface area contributed by atoms with Crippen molar-refractivity contribution in [2.75, 3.05) is 19.8 Å². The van der Waals surface area contributed by atoms with Crippen molar-refractivity contribution >= 4 is 17.5 Å². The van der Waals surface area contributed by atoms with Gasteiger partial charge >= 0.3 is 0 Å². The summed E-state index contributed by atoms with van der Waals surface area (Å²) in [6.45, 7) is 8.38. The minimum atomic E-state index is 0.142. The van der Waals surface area contributed by atoms with Crippen LogP contribution < -0.4 is 9.47 Å². The SMILES string of the molecule is CCCCN(C(=O)Cc1cc(Cl)c2c(c1)OCCCO2)C(C)CC. The predicted molar refractivity (Wildman–Crippen MR) is 97.1 cm³/mol. The van der Waals surface area contributed by atoms with Gasteiger partial charge in [0.25, 0.3) is 0 Å². The number of hydrogen-bond donors (Lipinski definition) is 0. The second-order valence-electron chi connectivity index (χ2n) is 6.33. The van der Waals surface area contributed by atoms with Crippen molar-refractivity contribution in [2.24, 2.45) is 0 Å². The molecule has 0 aromatic heterocycles. The summed E-state index contributed by atoms with van der Waals surface area (Å²) in [6, 6.07) is 3.96. The normalized spacial score (nSPS) is 14.8. The van der Waals surface area contributed by atoms with Crippen LogP contribution in [0.25, 0.3) is 0 Å². The fourth-order valence-electron chi connectivity index (χ4n) is 2.80. The number of hydrogen-bond acceptors (Lipinski definition) is 3. The van der Waals surface area contributed by atoms with E-state index >= 15 is 0 Å². The lowest BCUT2D eigenvalue weighted by Crippen LogP contribution is -2.40. The highest BCUT2D eigenvalue weighted by atomic mass is 35.5. The number of benzene rings is 1. The summed E-state index contributed by atoms with van der Waals surface area (Å²) in [5, 5.41) is 0.515. The number of unbranched alkanes of at least 4 members (excludes halogenated alkanes) is 1. The van der Waals surface area contributed by atoms with E-state index in [2.05, 4.69) is 20.8 Å². The Bertz CT molecular complexity index is 562. The average Bonchev–Trinajstić information content (AvgIpc) is 2.80. The van der Waals surface area contributed by atoms with Crippen LogP contribution in [0.5, 0.6) is 11.5 Å². The molecule has 1 aliphatic rings. The molecule has 0 saturated carbocycles. The smallest absolute Gasteiger partial charge is 0.227 e. The third kappa shape index (κ3) is 4.79. The van der Waals surface area contributed by atoms with Gasteiger partial charge in [-0.2, -0.15) is 0 Å². The van der Waals surface area contributed by atoms with Crippen LogP contribution in [0.15, 0.2) is 12.1 Å². The van der Waals surface area contributed by atoms with Gasteiger partial charge in [-0.15, -0.1) is 0 Å². The van der Waals surface area contributed by atoms with Crippen LogP contribution in [0.4, 0.5) is 0 Å². The fraction of sp³-hybridized carbons (Fsp3) is 0.632. The minimum Gasteiger partial charge on any atom is -0.489 e. The lowest BCUT2D eigenvalue weighted by atomic mass is 10.1. The predicted octanol–water partition coefficient (Wildman–Crippen LogP) is 4.47. The number of ether oxygens (including phenoxy) is 2. The summed E-state index contributed by atoms with van der Waals surface area (Å²) < 4.78 is 11.4. The first-order valence-corrected chi connectivity index (χ1v) is 9.32. The summed E-state index contributed by atoms with van der Waals surface area (Å²) in [4.78, 5) is 14.8. The van der Waals surface area contributed by atoms with E-state index in [0.29, 0.717) is 36.2 Å². The van der Waals surface area contributed by atoms with Gasteiger partial charge in [-0.3, -0.25) is 4.79 Å². The van der Waals surface area contributed by atoms with Crippen molar-refractivity contribution in [1.29, 1.82) is 0 Å². The van der Waals surface area contributed by atoms with Crippen LogP contribution in [-0.2, 0) is 11.2 Å². The van der Waals surface area contributed by atoms with Crippen LogP contribution >= 0.6 is 11.6 Å². The van der Waals surface area contributed by atoms with Crippen molar-refractivity contribution in [1.82, 2.24) is 4.90 Å². The zero-order chi connectivity index (χ0) is 17.5. The van der Waals surface area contributed by atoms with Gasteiger partial charge in [0.1, 0.15) is 0 Å². The zero-order valence-electron chi connectivity index (χ0n) is 14.9. The molecule has 24 heavy (non-hydrogen) atoms. The molecule has 1 heterocycles. The first kappa shape index (κ1) is 18.9. The molecule has 0 aliphatic carbocycles. The first-order valence-electron chi connectivity index (χ1n) is 8.94. The fourth-order valence-corrected chi connectivity index (χ4v) is 3.09. The Morgan fingerprint density at radius 1 is 1.29 bits per heavy atom. The quantitative estimate of drug-likeness (QED) is 0.725. The van der Waals surface area contributed by atoms with Crippen molar-refractivity contribution < 1.29 is 14.3 Å². The Hall–Kier alpha value is -1.42. The molecule has 4 nitrogen and oxygen atoms in total. The van der Waals surface area contributed by atoms with E-state index in [4.69, 9.17) is 21.1 Å². The number of nitrogens with zero attached hydrogens (tertiary/aromatic N) is 1. The van der Waals surface area contributed by atoms with E-state index in [9.17, 15) is 4.79 Å². The van der Waals surface area contributed by atoms with Crippen molar-refractivity contribution in [3.05, 3.63) is 22.7 Å². The Kier molecular flexibility index (Phi) is 7.22. The van der Waals surface area contributed by atoms with E-state index in [1.54, 1.807) is 0 Å². The molecule has 1 amide bonds. The summed E-state index contributed by atoms with van der Waals surface area (Å²) in [6.07, 6.45) is 4.23. The highest BCUT2D eigenvalue weighted by Crippen LogP contribution is 2.38. The maximum Gasteiger partial charge on any atom is 0.227 e. The Morgan fingerprint density at radius 3 is 2.75 bits per heavy atom. The van der Waals surface area contributed by atoms with Gasteiger partial charge in [-0.1, -0.05) is 31.9 Å². The second kappa shape index (κ2) is 9.16. The van der Waals surface area contributed by atoms with Crippen LogP contribution in [0.3, 0.4) is 0 Å². The molecule has 0 radical (unpaired) electrons. The summed E-state index contributed by atoms with van der Waals surface area (Å²) >= 11 is 6.33. The van der Waals surface area contributed by atoms with Gasteiger partial charge in [-0.05, 0) is 37.5 Å². The molecule has 1 aromatic rings. The van der Waals surface area contributed by atoms with Gasteiger partial charge < -0.3 is 14.4 Å². The number of amides is 1. The number of rotatable bonds is 7. The van der Waals surface area contributed by atoms with Crippen LogP contribution in [-0.4, -0.2) is 36.6 Å². The van der Waals surface area contributed by atoms with E-state index in [1.807, 2.05) is 17.0 Å². The molecule has 0 N–H and O–H groups in total. The lowest BCUT2D eigenvalue weighted by Gasteiger charge is -2.29. The van der Waals surface area contributed by atoms with Crippen LogP contribution in [0.2, 0.25) is 5.02 Å². The van der Waals surface area contributed by atoms with E-state index in [1.165, 1.54) is 0 Å². The van der Waals surface area contributed by atoms with Gasteiger partial charge in [0.05, 0.1) is 24.7 Å². The molecule has 1 atom stereocenters. The monoisotopic (exact) mass is 353 g/mol. The third-order valence-electron chi connectivity index (χ3n) is 4.41. The molecule has 0 saturated heterocycles. The Balaban J connectivity index is 2.15. The molecule has 1 aromatic carbocycles. The standard InChI is InChI=1S/C19H28ClNO3/c1-4-6-8-21(14(3)5-2)18(22)13-15-11-16(20)19-17(12-15)23-9-7-10-24-19/h11-12,14H,4-10,13H2,1-3H3. The number of carbonyl (C=O) groups excluding carboxylic acids is 1. The molecule has 1 unspecified atom stereocenters. The van der Waals surface area contributed by atoms with Gasteiger partial charge in [-0.25, -0.2) is 0 Å². The highest BCUT2D eigenvalue weighted by Gasteiger charge is 2.21. The van der Waals surface area contributed by atoms with E-state index in [0.717, 1.165) is 37.8 Å². The number of fused-ring (bicyclic) bond motifs is 1. The first-order chi connectivity index (χ1) is 11.6. The Morgan fingerprint density at radius 2 is 2.04 bits per heavy atom. The van der Waals surface area contributed by atoms with Gasteiger partial charge in [0.15, 0.2) is 11.5 Å². The molecule has 134 valence electrons. The lowest BCUT2D eigenvalue weighted by molar-refractivity contribution is -0.132. The molecule has 0 spiro atoms. The largest absolute Gasteiger partial charge is 0.489 e. The molecular weight excluding hydrogens is 326 g/mol. The maximum absolute atomic E-state index is 12.8. The molecule has 2 rings (SSSR count). The van der Waals surface area contributed by atoms with Crippen molar-refractivity contribution in [3.8, 4) is 11.5 Å².